The number of allylic oxidation sites excluding steroid dienone is 9. The summed E-state index contributed by atoms with van der Waals surface area (Å²) in [5, 5.41) is 13.2. The van der Waals surface area contributed by atoms with Crippen molar-refractivity contribution >= 4 is 17.5 Å². The van der Waals surface area contributed by atoms with Crippen molar-refractivity contribution in [2.24, 2.45) is 28.1 Å². The number of aliphatic hydroxyl groups excluding tert-OH is 1. The van der Waals surface area contributed by atoms with E-state index in [-0.39, 0.29) is 52.9 Å². The molecule has 0 aliphatic heterocycles. The monoisotopic (exact) mass is 732 g/mol. The lowest BCUT2D eigenvalue weighted by atomic mass is 9.37. The van der Waals surface area contributed by atoms with E-state index in [9.17, 15) is 9.90 Å². The van der Waals surface area contributed by atoms with Gasteiger partial charge in [0.2, 0.25) is 5.75 Å². The average molecular weight is 733 g/mol. The number of fused-ring (bicyclic) bond motifs is 2. The number of hydrogen-bond donors (Lipinski definition) is 1. The average Bonchev–Trinajstić information content (AvgIpc) is 3.08. The first-order valence-electron chi connectivity index (χ1n) is 18.8. The summed E-state index contributed by atoms with van der Waals surface area (Å²) in [6, 6.07) is 3.02. The zero-order valence-corrected chi connectivity index (χ0v) is 34.7. The first kappa shape index (κ1) is 43.5. The standard InChI is InChI=1S/C45H64O8/c1-27(2)16-15-22-43(11)33(19-17-28(3)4)26-44(23-21-30(7)8)40(53-41(48)32-24-35(50-12)37(52-14)36(25-32)51-13)34(20-18-29(5)6)39(47)45(43,42(44)49)38(46)31(9)10/h16-18,21,24-25,31,33,42,49H,15,19-20,22-23,26H2,1-14H3/t33-,42?,43+,44+,45-/m0/s1. The molecular weight excluding hydrogens is 668 g/mol. The molecule has 1 aromatic carbocycles. The molecule has 1 N–H and O–H groups in total. The van der Waals surface area contributed by atoms with Gasteiger partial charge in [-0.2, -0.15) is 0 Å². The van der Waals surface area contributed by atoms with Gasteiger partial charge >= 0.3 is 5.97 Å². The number of ketones is 2. The minimum atomic E-state index is -1.79. The topological polar surface area (TPSA) is 108 Å². The Balaban J connectivity index is 2.57. The van der Waals surface area contributed by atoms with E-state index in [2.05, 4.69) is 12.2 Å². The Labute approximate surface area is 318 Å². The first-order chi connectivity index (χ1) is 24.8. The normalized spacial score (nSPS) is 24.9. The zero-order valence-electron chi connectivity index (χ0n) is 34.7. The summed E-state index contributed by atoms with van der Waals surface area (Å²) in [6.07, 6.45) is 9.36. The number of Topliss-reactive ketones (excluding diaryl/α,β-unsaturated/α-hetero) is 2. The molecule has 3 rings (SSSR count). The van der Waals surface area contributed by atoms with Crippen LogP contribution in [-0.4, -0.2) is 50.1 Å². The zero-order chi connectivity index (χ0) is 40.1. The Bertz CT molecular complexity index is 1680. The fourth-order valence-electron chi connectivity index (χ4n) is 8.51. The van der Waals surface area contributed by atoms with E-state index in [0.717, 1.165) is 22.3 Å². The Kier molecular flexibility index (Phi) is 14.4. The second-order valence-electron chi connectivity index (χ2n) is 16.5. The number of carbonyl (C=O) groups excluding carboxylic acids is 3. The summed E-state index contributed by atoms with van der Waals surface area (Å²) in [5.74, 6) is -1.26. The number of ether oxygens (including phenoxy) is 4. The number of hydrogen-bond acceptors (Lipinski definition) is 8. The Morgan fingerprint density at radius 2 is 1.40 bits per heavy atom. The van der Waals surface area contributed by atoms with Gasteiger partial charge in [-0.15, -0.1) is 0 Å². The molecule has 8 nitrogen and oxygen atoms in total. The van der Waals surface area contributed by atoms with Gasteiger partial charge in [-0.25, -0.2) is 4.79 Å². The van der Waals surface area contributed by atoms with Crippen LogP contribution in [0, 0.1) is 28.1 Å². The van der Waals surface area contributed by atoms with E-state index in [4.69, 9.17) is 18.9 Å². The maximum absolute atomic E-state index is 15.8. The third-order valence-corrected chi connectivity index (χ3v) is 11.3. The maximum atomic E-state index is 15.8. The van der Waals surface area contributed by atoms with Gasteiger partial charge in [0.1, 0.15) is 11.2 Å². The molecule has 0 radical (unpaired) electrons. The Morgan fingerprint density at radius 3 is 1.87 bits per heavy atom. The molecule has 292 valence electrons. The summed E-state index contributed by atoms with van der Waals surface area (Å²) in [4.78, 5) is 45.3. The number of esters is 1. The van der Waals surface area contributed by atoms with Crippen LogP contribution >= 0.6 is 0 Å². The van der Waals surface area contributed by atoms with Crippen molar-refractivity contribution < 1.29 is 38.4 Å². The van der Waals surface area contributed by atoms with Gasteiger partial charge in [0.05, 0.1) is 38.4 Å². The molecule has 5 atom stereocenters. The maximum Gasteiger partial charge on any atom is 0.343 e. The second-order valence-corrected chi connectivity index (χ2v) is 16.5. The van der Waals surface area contributed by atoms with Gasteiger partial charge in [0, 0.05) is 11.5 Å². The van der Waals surface area contributed by atoms with E-state index < -0.39 is 40.0 Å². The number of methoxy groups -OCH3 is 3. The fourth-order valence-corrected chi connectivity index (χ4v) is 8.51. The predicted molar refractivity (Wildman–Crippen MR) is 211 cm³/mol. The molecule has 0 spiro atoms. The summed E-state index contributed by atoms with van der Waals surface area (Å²) in [7, 11) is 4.41. The first-order valence-corrected chi connectivity index (χ1v) is 18.8. The van der Waals surface area contributed by atoms with Gasteiger partial charge in [-0.05, 0) is 117 Å². The highest BCUT2D eigenvalue weighted by molar-refractivity contribution is 6.18. The molecule has 2 bridgehead atoms. The van der Waals surface area contributed by atoms with Crippen LogP contribution < -0.4 is 14.2 Å². The van der Waals surface area contributed by atoms with Crippen molar-refractivity contribution in [1.82, 2.24) is 0 Å². The van der Waals surface area contributed by atoms with Gasteiger partial charge in [0.25, 0.3) is 0 Å². The van der Waals surface area contributed by atoms with Crippen LogP contribution in [0.3, 0.4) is 0 Å². The summed E-state index contributed by atoms with van der Waals surface area (Å²) < 4.78 is 23.1. The molecule has 2 aliphatic rings. The highest BCUT2D eigenvalue weighted by Gasteiger charge is 2.76. The summed E-state index contributed by atoms with van der Waals surface area (Å²) >= 11 is 0. The van der Waals surface area contributed by atoms with Crippen molar-refractivity contribution in [3.8, 4) is 17.2 Å². The van der Waals surface area contributed by atoms with Crippen molar-refractivity contribution in [2.45, 2.75) is 121 Å². The molecule has 0 saturated heterocycles. The molecule has 1 aromatic rings. The minimum absolute atomic E-state index is 0.117. The van der Waals surface area contributed by atoms with Gasteiger partial charge in [-0.3, -0.25) is 9.59 Å². The highest BCUT2D eigenvalue weighted by atomic mass is 16.5. The number of aliphatic hydroxyl groups is 1. The smallest absolute Gasteiger partial charge is 0.343 e. The number of benzene rings is 1. The molecule has 1 fully saturated rings. The van der Waals surface area contributed by atoms with E-state index in [1.54, 1.807) is 0 Å². The highest BCUT2D eigenvalue weighted by Crippen LogP contribution is 2.70. The lowest BCUT2D eigenvalue weighted by Crippen LogP contribution is -2.73. The quantitative estimate of drug-likeness (QED) is 0.102. The van der Waals surface area contributed by atoms with Crippen LogP contribution in [0.5, 0.6) is 17.2 Å². The molecule has 2 aliphatic carbocycles. The number of rotatable bonds is 16. The van der Waals surface area contributed by atoms with Crippen LogP contribution in [0.15, 0.2) is 70.1 Å². The van der Waals surface area contributed by atoms with Crippen molar-refractivity contribution in [2.75, 3.05) is 21.3 Å². The molecule has 0 heterocycles. The Morgan fingerprint density at radius 1 is 0.849 bits per heavy atom. The van der Waals surface area contributed by atoms with Crippen LogP contribution in [0.2, 0.25) is 0 Å². The fraction of sp³-hybridized carbons (Fsp3) is 0.578. The third kappa shape index (κ3) is 8.28. The van der Waals surface area contributed by atoms with Gasteiger partial charge < -0.3 is 24.1 Å². The molecule has 1 unspecified atom stereocenters. The second kappa shape index (κ2) is 17.5. The third-order valence-electron chi connectivity index (χ3n) is 11.3. The summed E-state index contributed by atoms with van der Waals surface area (Å²) in [6.45, 7) is 21.7. The lowest BCUT2D eigenvalue weighted by Gasteiger charge is -2.65. The Hall–Kier alpha value is -3.91. The van der Waals surface area contributed by atoms with Crippen LogP contribution in [0.25, 0.3) is 0 Å². The van der Waals surface area contributed by atoms with E-state index >= 15 is 9.59 Å². The molecule has 1 saturated carbocycles. The molecular formula is C45H64O8. The molecule has 53 heavy (non-hydrogen) atoms. The minimum Gasteiger partial charge on any atom is -0.493 e. The van der Waals surface area contributed by atoms with Gasteiger partial charge in [-0.1, -0.05) is 67.4 Å². The van der Waals surface area contributed by atoms with Crippen molar-refractivity contribution in [3.63, 3.8) is 0 Å². The molecule has 8 heteroatoms. The molecule has 0 amide bonds. The lowest BCUT2D eigenvalue weighted by molar-refractivity contribution is -0.209. The predicted octanol–water partition coefficient (Wildman–Crippen LogP) is 10.1. The largest absolute Gasteiger partial charge is 0.493 e. The van der Waals surface area contributed by atoms with Crippen molar-refractivity contribution in [3.05, 3.63) is 75.6 Å². The SMILES string of the molecule is COc1cc(C(=O)OC2=C(CC=C(C)C)C(=O)[C@@]3(C(=O)C(C)C)C(O)[C@]2(CC=C(C)C)C[C@H](CC=C(C)C)[C@@]3(C)CCC=C(C)C)cc(OC)c1OC. The van der Waals surface area contributed by atoms with Gasteiger partial charge in [0.15, 0.2) is 23.1 Å². The van der Waals surface area contributed by atoms with Crippen molar-refractivity contribution in [1.29, 1.82) is 0 Å². The van der Waals surface area contributed by atoms with Crippen LogP contribution in [0.4, 0.5) is 0 Å². The van der Waals surface area contributed by atoms with E-state index in [1.807, 2.05) is 88.3 Å². The number of carbonyl (C=O) groups is 3. The van der Waals surface area contributed by atoms with E-state index in [1.165, 1.54) is 33.5 Å². The van der Waals surface area contributed by atoms with E-state index in [0.29, 0.717) is 31.4 Å². The van der Waals surface area contributed by atoms with Crippen LogP contribution in [-0.2, 0) is 14.3 Å². The summed E-state index contributed by atoms with van der Waals surface area (Å²) in [5.41, 5.74) is 0.595. The van der Waals surface area contributed by atoms with Crippen LogP contribution in [0.1, 0.15) is 125 Å². The molecule has 0 aromatic heterocycles.